The molecular formula is C47H84NO7P. The second-order valence-corrected chi connectivity index (χ2v) is 16.1. The van der Waals surface area contributed by atoms with Crippen molar-refractivity contribution < 1.29 is 32.8 Å². The van der Waals surface area contributed by atoms with Crippen molar-refractivity contribution in [2.45, 2.75) is 193 Å². The van der Waals surface area contributed by atoms with Gasteiger partial charge < -0.3 is 20.1 Å². The number of phosphoric ester groups is 1. The van der Waals surface area contributed by atoms with Gasteiger partial charge in [-0.1, -0.05) is 184 Å². The largest absolute Gasteiger partial charge is 0.498 e. The number of allylic oxidation sites excluding steroid dienone is 11. The highest BCUT2D eigenvalue weighted by atomic mass is 31.2. The molecule has 0 radical (unpaired) electrons. The van der Waals surface area contributed by atoms with Gasteiger partial charge in [0.25, 0.3) is 0 Å². The molecule has 0 heterocycles. The van der Waals surface area contributed by atoms with Crippen LogP contribution in [-0.4, -0.2) is 43.3 Å². The molecule has 0 spiro atoms. The number of hydrogen-bond donors (Lipinski definition) is 2. The first kappa shape index (κ1) is 53.8. The Morgan fingerprint density at radius 3 is 1.43 bits per heavy atom. The van der Waals surface area contributed by atoms with Crippen LogP contribution in [0.2, 0.25) is 0 Å². The van der Waals surface area contributed by atoms with Crippen molar-refractivity contribution in [1.82, 2.24) is 0 Å². The molecule has 0 saturated heterocycles. The van der Waals surface area contributed by atoms with Crippen molar-refractivity contribution in [2.24, 2.45) is 5.73 Å². The van der Waals surface area contributed by atoms with Crippen molar-refractivity contribution >= 4 is 13.8 Å². The number of unbranched alkanes of at least 4 members (excludes halogenated alkanes) is 19. The van der Waals surface area contributed by atoms with Gasteiger partial charge in [0.05, 0.1) is 19.5 Å². The highest BCUT2D eigenvalue weighted by molar-refractivity contribution is 7.47. The zero-order valence-electron chi connectivity index (χ0n) is 35.8. The van der Waals surface area contributed by atoms with E-state index in [-0.39, 0.29) is 32.8 Å². The monoisotopic (exact) mass is 806 g/mol. The van der Waals surface area contributed by atoms with Gasteiger partial charge in [0.2, 0.25) is 0 Å². The summed E-state index contributed by atoms with van der Waals surface area (Å²) in [5.41, 5.74) is 5.36. The Morgan fingerprint density at radius 1 is 0.554 bits per heavy atom. The van der Waals surface area contributed by atoms with Crippen molar-refractivity contribution in [3.8, 4) is 0 Å². The summed E-state index contributed by atoms with van der Waals surface area (Å²) >= 11 is 0. The summed E-state index contributed by atoms with van der Waals surface area (Å²) in [6.07, 6.45) is 56.0. The van der Waals surface area contributed by atoms with Crippen LogP contribution in [0, 0.1) is 0 Å². The molecule has 0 amide bonds. The third-order valence-electron chi connectivity index (χ3n) is 9.20. The first-order valence-electron chi connectivity index (χ1n) is 22.5. The summed E-state index contributed by atoms with van der Waals surface area (Å²) in [7, 11) is -4.32. The van der Waals surface area contributed by atoms with Gasteiger partial charge in [0.1, 0.15) is 6.61 Å². The van der Waals surface area contributed by atoms with Crippen LogP contribution in [0.5, 0.6) is 0 Å². The maximum atomic E-state index is 12.5. The predicted octanol–water partition coefficient (Wildman–Crippen LogP) is 13.9. The Balaban J connectivity index is 4.21. The van der Waals surface area contributed by atoms with Gasteiger partial charge in [-0.2, -0.15) is 0 Å². The molecular weight excluding hydrogens is 721 g/mol. The first-order valence-corrected chi connectivity index (χ1v) is 24.0. The number of ether oxygens (including phenoxy) is 2. The molecule has 0 rings (SSSR count). The summed E-state index contributed by atoms with van der Waals surface area (Å²) in [5, 5.41) is 0. The standard InChI is InChI=1S/C47H84NO7P/c1-3-5-7-9-11-13-15-17-19-21-22-23-24-25-26-28-30-32-34-36-38-40-47(49)55-46(45-54-56(50,51)53-43-41-48)44-52-42-39-37-35-33-31-29-27-20-18-16-14-12-10-8-6-4-2/h15,17,21-22,24-25,28,30,34,36,39,42,46H,3-14,16,18-20,23,26-27,29,31-33,35,37-38,40-41,43-45,48H2,1-2H3,(H,50,51). The molecule has 0 aromatic rings. The molecule has 0 aliphatic heterocycles. The van der Waals surface area contributed by atoms with Gasteiger partial charge in [-0.25, -0.2) is 4.57 Å². The van der Waals surface area contributed by atoms with Gasteiger partial charge in [0, 0.05) is 13.0 Å². The number of rotatable bonds is 42. The second-order valence-electron chi connectivity index (χ2n) is 14.6. The van der Waals surface area contributed by atoms with Gasteiger partial charge in [-0.3, -0.25) is 13.8 Å². The molecule has 0 aliphatic carbocycles. The topological polar surface area (TPSA) is 117 Å². The number of esters is 1. The molecule has 3 N–H and O–H groups in total. The van der Waals surface area contributed by atoms with Crippen LogP contribution in [-0.2, 0) is 27.9 Å². The molecule has 0 aromatic carbocycles. The maximum Gasteiger partial charge on any atom is 0.472 e. The fourth-order valence-electron chi connectivity index (χ4n) is 5.89. The van der Waals surface area contributed by atoms with Crippen molar-refractivity contribution in [3.63, 3.8) is 0 Å². The Morgan fingerprint density at radius 2 is 0.964 bits per heavy atom. The molecule has 8 nitrogen and oxygen atoms in total. The Kier molecular flexibility index (Phi) is 42.2. The first-order chi connectivity index (χ1) is 27.4. The Bertz CT molecular complexity index is 1080. The lowest BCUT2D eigenvalue weighted by molar-refractivity contribution is -0.153. The van der Waals surface area contributed by atoms with Crippen LogP contribution >= 0.6 is 7.82 Å². The lowest BCUT2D eigenvalue weighted by Crippen LogP contribution is -2.27. The lowest BCUT2D eigenvalue weighted by Gasteiger charge is -2.19. The molecule has 0 bridgehead atoms. The van der Waals surface area contributed by atoms with E-state index < -0.39 is 19.9 Å². The normalized spacial score (nSPS) is 14.1. The fourth-order valence-corrected chi connectivity index (χ4v) is 6.65. The van der Waals surface area contributed by atoms with Gasteiger partial charge in [-0.15, -0.1) is 0 Å². The van der Waals surface area contributed by atoms with E-state index in [0.717, 1.165) is 38.5 Å². The minimum Gasteiger partial charge on any atom is -0.498 e. The van der Waals surface area contributed by atoms with Gasteiger partial charge in [0.15, 0.2) is 6.10 Å². The number of hydrogen-bond acceptors (Lipinski definition) is 7. The van der Waals surface area contributed by atoms with Gasteiger partial charge >= 0.3 is 13.8 Å². The average Bonchev–Trinajstić information content (AvgIpc) is 3.19. The van der Waals surface area contributed by atoms with Crippen LogP contribution in [0.15, 0.2) is 73.1 Å². The number of carbonyl (C=O) groups excluding carboxylic acids is 1. The summed E-state index contributed by atoms with van der Waals surface area (Å²) in [6.45, 7) is 4.14. The number of nitrogens with two attached hydrogens (primary N) is 1. The third-order valence-corrected chi connectivity index (χ3v) is 10.2. The SMILES string of the molecule is CCCCCCCC=CCC=CCC=CCC=CCC=CCCC(=O)OC(COC=CCCCCCCCCCCCCCCCC)COP(=O)(O)OCCN. The van der Waals surface area contributed by atoms with Crippen LogP contribution in [0.4, 0.5) is 0 Å². The molecule has 2 atom stereocenters. The van der Waals surface area contributed by atoms with E-state index in [2.05, 4.69) is 62.5 Å². The summed E-state index contributed by atoms with van der Waals surface area (Å²) in [6, 6.07) is 0. The molecule has 56 heavy (non-hydrogen) atoms. The van der Waals surface area contributed by atoms with Crippen LogP contribution in [0.3, 0.4) is 0 Å². The highest BCUT2D eigenvalue weighted by Gasteiger charge is 2.25. The van der Waals surface area contributed by atoms with E-state index in [1.807, 2.05) is 18.2 Å². The Labute approximate surface area is 344 Å². The number of carbonyl (C=O) groups is 1. The molecule has 0 fully saturated rings. The highest BCUT2D eigenvalue weighted by Crippen LogP contribution is 2.43. The predicted molar refractivity (Wildman–Crippen MR) is 237 cm³/mol. The summed E-state index contributed by atoms with van der Waals surface area (Å²) in [4.78, 5) is 22.4. The average molecular weight is 806 g/mol. The molecule has 0 saturated carbocycles. The van der Waals surface area contributed by atoms with Crippen molar-refractivity contribution in [3.05, 3.63) is 73.1 Å². The molecule has 324 valence electrons. The molecule has 2 unspecified atom stereocenters. The van der Waals surface area contributed by atoms with Crippen LogP contribution in [0.25, 0.3) is 0 Å². The zero-order chi connectivity index (χ0) is 40.9. The summed E-state index contributed by atoms with van der Waals surface area (Å²) < 4.78 is 33.1. The van der Waals surface area contributed by atoms with E-state index in [4.69, 9.17) is 24.3 Å². The van der Waals surface area contributed by atoms with Crippen molar-refractivity contribution in [2.75, 3.05) is 26.4 Å². The van der Waals surface area contributed by atoms with E-state index >= 15 is 0 Å². The smallest absolute Gasteiger partial charge is 0.472 e. The lowest BCUT2D eigenvalue weighted by atomic mass is 10.0. The van der Waals surface area contributed by atoms with E-state index in [0.29, 0.717) is 6.42 Å². The fraction of sp³-hybridized carbons (Fsp3) is 0.723. The molecule has 9 heteroatoms. The minimum absolute atomic E-state index is 0.000110. The maximum absolute atomic E-state index is 12.5. The van der Waals surface area contributed by atoms with Gasteiger partial charge in [-0.05, 0) is 63.9 Å². The van der Waals surface area contributed by atoms with E-state index in [1.165, 1.54) is 122 Å². The third kappa shape index (κ3) is 42.9. The number of phosphoric acid groups is 1. The minimum atomic E-state index is -4.32. The van der Waals surface area contributed by atoms with Crippen molar-refractivity contribution in [1.29, 1.82) is 0 Å². The second kappa shape index (κ2) is 43.9. The zero-order valence-corrected chi connectivity index (χ0v) is 36.7. The van der Waals surface area contributed by atoms with Crippen LogP contribution in [0.1, 0.15) is 187 Å². The van der Waals surface area contributed by atoms with E-state index in [1.54, 1.807) is 6.26 Å². The molecule has 0 aromatic heterocycles. The van der Waals surface area contributed by atoms with E-state index in [9.17, 15) is 14.3 Å². The quantitative estimate of drug-likeness (QED) is 0.0206. The summed E-state index contributed by atoms with van der Waals surface area (Å²) in [5.74, 6) is -0.433. The molecule has 0 aliphatic rings. The Hall–Kier alpha value is -2.22. The van der Waals surface area contributed by atoms with Crippen LogP contribution < -0.4 is 5.73 Å².